The zero-order chi connectivity index (χ0) is 13.9. The van der Waals surface area contributed by atoms with Crippen molar-refractivity contribution < 1.29 is 4.79 Å². The van der Waals surface area contributed by atoms with Gasteiger partial charge in [-0.25, -0.2) is 0 Å². The molecule has 2 N–H and O–H groups in total. The second kappa shape index (κ2) is 4.08. The van der Waals surface area contributed by atoms with Crippen LogP contribution in [0.3, 0.4) is 0 Å². The van der Waals surface area contributed by atoms with Crippen molar-refractivity contribution in [1.82, 2.24) is 4.90 Å². The minimum absolute atomic E-state index is 0.117. The summed E-state index contributed by atoms with van der Waals surface area (Å²) in [7, 11) is 0. The number of hydrogen-bond acceptors (Lipinski definition) is 2. The molecule has 2 aliphatic carbocycles. The fraction of sp³-hybridized carbons (Fsp3) is 0.588. The minimum atomic E-state index is -0.117. The first kappa shape index (κ1) is 12.4. The summed E-state index contributed by atoms with van der Waals surface area (Å²) < 4.78 is 0. The van der Waals surface area contributed by atoms with Gasteiger partial charge in [0.15, 0.2) is 0 Å². The second-order valence-corrected chi connectivity index (χ2v) is 6.86. The van der Waals surface area contributed by atoms with E-state index in [9.17, 15) is 4.79 Å². The number of carbonyl (C=O) groups is 1. The molecule has 0 spiro atoms. The highest BCUT2D eigenvalue weighted by molar-refractivity contribution is 5.85. The summed E-state index contributed by atoms with van der Waals surface area (Å²) >= 11 is 0. The summed E-state index contributed by atoms with van der Waals surface area (Å²) in [6.45, 7) is 3.61. The minimum Gasteiger partial charge on any atom is -0.339 e. The van der Waals surface area contributed by atoms with E-state index in [1.54, 1.807) is 0 Å². The highest BCUT2D eigenvalue weighted by atomic mass is 16.2. The second-order valence-electron chi connectivity index (χ2n) is 6.86. The van der Waals surface area contributed by atoms with Crippen LogP contribution in [0.25, 0.3) is 0 Å². The molecular formula is C17H22N2O. The zero-order valence-electron chi connectivity index (χ0n) is 12.0. The van der Waals surface area contributed by atoms with Crippen molar-refractivity contribution >= 4 is 5.91 Å². The van der Waals surface area contributed by atoms with Gasteiger partial charge in [-0.15, -0.1) is 0 Å². The number of nitrogens with zero attached hydrogens (tertiary/aromatic N) is 1. The predicted octanol–water partition coefficient (Wildman–Crippen LogP) is 1.91. The highest BCUT2D eigenvalue weighted by Crippen LogP contribution is 2.60. The fourth-order valence-electron chi connectivity index (χ4n) is 4.21. The van der Waals surface area contributed by atoms with E-state index in [0.717, 1.165) is 25.9 Å². The van der Waals surface area contributed by atoms with Gasteiger partial charge in [0.25, 0.3) is 0 Å². The quantitative estimate of drug-likeness (QED) is 0.892. The van der Waals surface area contributed by atoms with E-state index in [1.165, 1.54) is 17.5 Å². The highest BCUT2D eigenvalue weighted by Gasteiger charge is 2.59. The van der Waals surface area contributed by atoms with Gasteiger partial charge in [-0.3, -0.25) is 4.79 Å². The molecule has 3 atom stereocenters. The number of fused-ring (bicyclic) bond motifs is 3. The van der Waals surface area contributed by atoms with Gasteiger partial charge >= 0.3 is 0 Å². The van der Waals surface area contributed by atoms with Gasteiger partial charge in [0, 0.05) is 19.0 Å². The molecule has 4 rings (SSSR count). The fourth-order valence-corrected chi connectivity index (χ4v) is 4.21. The van der Waals surface area contributed by atoms with E-state index in [4.69, 9.17) is 5.73 Å². The number of hydrogen-bond donors (Lipinski definition) is 1. The van der Waals surface area contributed by atoms with Crippen molar-refractivity contribution in [3.63, 3.8) is 0 Å². The zero-order valence-corrected chi connectivity index (χ0v) is 12.0. The molecule has 106 valence electrons. The third-order valence-corrected chi connectivity index (χ3v) is 5.64. The smallest absolute Gasteiger partial charge is 0.226 e. The summed E-state index contributed by atoms with van der Waals surface area (Å²) in [5.41, 5.74) is 8.94. The molecular weight excluding hydrogens is 248 g/mol. The summed E-state index contributed by atoms with van der Waals surface area (Å²) in [6, 6.07) is 8.65. The predicted molar refractivity (Wildman–Crippen MR) is 78.3 cm³/mol. The summed E-state index contributed by atoms with van der Waals surface area (Å²) in [5.74, 6) is 1.67. The number of nitrogens with two attached hydrogens (primary N) is 1. The topological polar surface area (TPSA) is 46.3 Å². The molecule has 3 heteroatoms. The maximum Gasteiger partial charge on any atom is 0.226 e. The van der Waals surface area contributed by atoms with E-state index < -0.39 is 0 Å². The number of aryl methyl sites for hydroxylation is 1. The maximum atomic E-state index is 12.6. The Morgan fingerprint density at radius 2 is 2.15 bits per heavy atom. The van der Waals surface area contributed by atoms with Crippen LogP contribution in [0.2, 0.25) is 0 Å². The SMILES string of the molecule is CCC1(N)CN(C(=O)C2C3CCc4ccccc4C32)C1. The van der Waals surface area contributed by atoms with Gasteiger partial charge < -0.3 is 10.6 Å². The summed E-state index contributed by atoms with van der Waals surface area (Å²) in [5, 5.41) is 0. The van der Waals surface area contributed by atoms with Gasteiger partial charge in [0.1, 0.15) is 0 Å². The number of likely N-dealkylation sites (tertiary alicyclic amines) is 1. The summed E-state index contributed by atoms with van der Waals surface area (Å²) in [4.78, 5) is 14.6. The van der Waals surface area contributed by atoms with Crippen LogP contribution in [-0.2, 0) is 11.2 Å². The van der Waals surface area contributed by atoms with Crippen molar-refractivity contribution in [3.05, 3.63) is 35.4 Å². The summed E-state index contributed by atoms with van der Waals surface area (Å²) in [6.07, 6.45) is 3.27. The molecule has 1 aromatic carbocycles. The Labute approximate surface area is 120 Å². The molecule has 2 fully saturated rings. The third-order valence-electron chi connectivity index (χ3n) is 5.64. The first-order chi connectivity index (χ1) is 9.63. The molecule has 1 saturated heterocycles. The van der Waals surface area contributed by atoms with Gasteiger partial charge in [0.2, 0.25) is 5.91 Å². The number of carbonyl (C=O) groups excluding carboxylic acids is 1. The molecule has 0 bridgehead atoms. The standard InChI is InChI=1S/C17H22N2O/c1-2-17(18)9-19(10-17)16(20)15-13-8-7-11-5-3-4-6-12(11)14(13)15/h3-6,13-15H,2,7-10,18H2,1H3. The van der Waals surface area contributed by atoms with Gasteiger partial charge in [0.05, 0.1) is 5.54 Å². The largest absolute Gasteiger partial charge is 0.339 e. The van der Waals surface area contributed by atoms with Crippen molar-refractivity contribution in [2.24, 2.45) is 17.6 Å². The van der Waals surface area contributed by atoms with E-state index in [2.05, 4.69) is 31.2 Å². The Kier molecular flexibility index (Phi) is 2.53. The van der Waals surface area contributed by atoms with E-state index >= 15 is 0 Å². The molecule has 1 amide bonds. The van der Waals surface area contributed by atoms with Crippen LogP contribution < -0.4 is 5.73 Å². The Bertz CT molecular complexity index is 562. The van der Waals surface area contributed by atoms with E-state index in [0.29, 0.717) is 17.7 Å². The lowest BCUT2D eigenvalue weighted by atomic mass is 9.88. The molecule has 0 aromatic heterocycles. The van der Waals surface area contributed by atoms with Crippen LogP contribution >= 0.6 is 0 Å². The monoisotopic (exact) mass is 270 g/mol. The van der Waals surface area contributed by atoms with Crippen molar-refractivity contribution in [2.45, 2.75) is 37.6 Å². The third kappa shape index (κ3) is 1.65. The average Bonchev–Trinajstić information content (AvgIpc) is 3.18. The van der Waals surface area contributed by atoms with Crippen molar-refractivity contribution in [3.8, 4) is 0 Å². The van der Waals surface area contributed by atoms with Crippen LogP contribution in [0.5, 0.6) is 0 Å². The van der Waals surface area contributed by atoms with Crippen molar-refractivity contribution in [1.29, 1.82) is 0 Å². The van der Waals surface area contributed by atoms with Gasteiger partial charge in [-0.2, -0.15) is 0 Å². The molecule has 3 unspecified atom stereocenters. The molecule has 20 heavy (non-hydrogen) atoms. The lowest BCUT2D eigenvalue weighted by Gasteiger charge is -2.47. The Balaban J connectivity index is 1.49. The molecule has 3 aliphatic rings. The van der Waals surface area contributed by atoms with Crippen LogP contribution in [0, 0.1) is 11.8 Å². The van der Waals surface area contributed by atoms with Crippen LogP contribution in [-0.4, -0.2) is 29.4 Å². The molecule has 1 heterocycles. The number of amides is 1. The van der Waals surface area contributed by atoms with E-state index in [1.807, 2.05) is 4.90 Å². The molecule has 3 nitrogen and oxygen atoms in total. The average molecular weight is 270 g/mol. The maximum absolute atomic E-state index is 12.6. The first-order valence-corrected chi connectivity index (χ1v) is 7.78. The van der Waals surface area contributed by atoms with Gasteiger partial charge in [-0.1, -0.05) is 31.2 Å². The first-order valence-electron chi connectivity index (χ1n) is 7.78. The number of benzene rings is 1. The molecule has 1 aromatic rings. The lowest BCUT2D eigenvalue weighted by molar-refractivity contribution is -0.140. The normalized spacial score (nSPS) is 32.9. The Morgan fingerprint density at radius 3 is 2.90 bits per heavy atom. The van der Waals surface area contributed by atoms with E-state index in [-0.39, 0.29) is 11.5 Å². The Morgan fingerprint density at radius 1 is 1.40 bits per heavy atom. The molecule has 1 aliphatic heterocycles. The Hall–Kier alpha value is -1.35. The van der Waals surface area contributed by atoms with Crippen LogP contribution in [0.4, 0.5) is 0 Å². The molecule has 0 radical (unpaired) electrons. The lowest BCUT2D eigenvalue weighted by Crippen LogP contribution is -2.68. The van der Waals surface area contributed by atoms with Crippen molar-refractivity contribution in [2.75, 3.05) is 13.1 Å². The van der Waals surface area contributed by atoms with Gasteiger partial charge in [-0.05, 0) is 42.2 Å². The van der Waals surface area contributed by atoms with Crippen LogP contribution in [0.15, 0.2) is 24.3 Å². The molecule has 1 saturated carbocycles. The van der Waals surface area contributed by atoms with Crippen LogP contribution in [0.1, 0.15) is 36.8 Å². The number of rotatable bonds is 2.